The smallest absolute Gasteiger partial charge is 0.157 e. The van der Waals surface area contributed by atoms with Crippen LogP contribution in [0.15, 0.2) is 0 Å². The van der Waals surface area contributed by atoms with Crippen molar-refractivity contribution in [3.05, 3.63) is 0 Å². The lowest BCUT2D eigenvalue weighted by molar-refractivity contribution is -0.217. The Kier molecular flexibility index (Phi) is 4.22. The van der Waals surface area contributed by atoms with Crippen LogP contribution in [0.1, 0.15) is 46.0 Å². The van der Waals surface area contributed by atoms with Gasteiger partial charge in [-0.3, -0.25) is 0 Å². The maximum Gasteiger partial charge on any atom is 0.157 e. The summed E-state index contributed by atoms with van der Waals surface area (Å²) in [6, 6.07) is 0. The van der Waals surface area contributed by atoms with Crippen molar-refractivity contribution in [2.75, 3.05) is 6.61 Å². The molecular weight excluding hydrogens is 204 g/mol. The molecule has 2 fully saturated rings. The molecule has 1 aliphatic carbocycles. The number of hydrogen-bond donors (Lipinski definition) is 1. The average Bonchev–Trinajstić information content (AvgIpc) is 2.25. The Morgan fingerprint density at radius 2 is 1.81 bits per heavy atom. The van der Waals surface area contributed by atoms with Crippen molar-refractivity contribution in [1.82, 2.24) is 0 Å². The zero-order valence-corrected chi connectivity index (χ0v) is 10.4. The molecule has 94 valence electrons. The monoisotopic (exact) mass is 228 g/mol. The summed E-state index contributed by atoms with van der Waals surface area (Å²) in [5.41, 5.74) is 0. The molecule has 0 aromatic heterocycles. The Morgan fingerprint density at radius 1 is 1.12 bits per heavy atom. The van der Waals surface area contributed by atoms with Gasteiger partial charge in [-0.05, 0) is 43.9 Å². The van der Waals surface area contributed by atoms with E-state index >= 15 is 0 Å². The van der Waals surface area contributed by atoms with Gasteiger partial charge in [0.25, 0.3) is 0 Å². The van der Waals surface area contributed by atoms with Gasteiger partial charge < -0.3 is 14.6 Å². The van der Waals surface area contributed by atoms with E-state index in [0.29, 0.717) is 11.8 Å². The summed E-state index contributed by atoms with van der Waals surface area (Å²) in [6.45, 7) is 5.18. The van der Waals surface area contributed by atoms with Crippen LogP contribution in [0.2, 0.25) is 0 Å². The number of rotatable bonds is 2. The van der Waals surface area contributed by atoms with E-state index in [2.05, 4.69) is 13.8 Å². The van der Waals surface area contributed by atoms with E-state index in [4.69, 9.17) is 9.47 Å². The summed E-state index contributed by atoms with van der Waals surface area (Å²) in [6.07, 6.45) is 5.24. The van der Waals surface area contributed by atoms with Crippen LogP contribution in [-0.4, -0.2) is 30.2 Å². The Morgan fingerprint density at radius 3 is 2.38 bits per heavy atom. The Hall–Kier alpha value is -0.120. The molecule has 16 heavy (non-hydrogen) atoms. The first-order valence-corrected chi connectivity index (χ1v) is 6.62. The molecule has 3 heteroatoms. The van der Waals surface area contributed by atoms with Gasteiger partial charge in [0.05, 0.1) is 12.2 Å². The molecule has 1 aliphatic heterocycles. The van der Waals surface area contributed by atoms with E-state index in [-0.39, 0.29) is 18.5 Å². The Bertz CT molecular complexity index is 201. The van der Waals surface area contributed by atoms with Crippen molar-refractivity contribution in [2.45, 2.75) is 64.4 Å². The molecule has 1 unspecified atom stereocenters. The van der Waals surface area contributed by atoms with Crippen LogP contribution in [0.25, 0.3) is 0 Å². The predicted molar refractivity (Wildman–Crippen MR) is 62.0 cm³/mol. The van der Waals surface area contributed by atoms with E-state index in [9.17, 15) is 5.11 Å². The molecule has 1 heterocycles. The minimum Gasteiger partial charge on any atom is -0.393 e. The molecule has 0 amide bonds. The third kappa shape index (κ3) is 2.96. The Balaban J connectivity index is 1.86. The summed E-state index contributed by atoms with van der Waals surface area (Å²) in [4.78, 5) is 0. The lowest BCUT2D eigenvalue weighted by Crippen LogP contribution is -2.41. The van der Waals surface area contributed by atoms with Crippen molar-refractivity contribution in [1.29, 1.82) is 0 Å². The van der Waals surface area contributed by atoms with Crippen LogP contribution in [0.4, 0.5) is 0 Å². The molecule has 1 saturated heterocycles. The largest absolute Gasteiger partial charge is 0.393 e. The topological polar surface area (TPSA) is 38.7 Å². The first kappa shape index (κ1) is 12.3. The van der Waals surface area contributed by atoms with Crippen LogP contribution in [0.3, 0.4) is 0 Å². The van der Waals surface area contributed by atoms with Gasteiger partial charge >= 0.3 is 0 Å². The molecule has 0 bridgehead atoms. The zero-order valence-electron chi connectivity index (χ0n) is 10.4. The van der Waals surface area contributed by atoms with Crippen molar-refractivity contribution in [2.24, 2.45) is 11.8 Å². The second kappa shape index (κ2) is 5.48. The van der Waals surface area contributed by atoms with Gasteiger partial charge in [0.1, 0.15) is 0 Å². The fourth-order valence-electron chi connectivity index (χ4n) is 3.05. The minimum absolute atomic E-state index is 0.00103. The maximum absolute atomic E-state index is 9.69. The van der Waals surface area contributed by atoms with Gasteiger partial charge in [-0.1, -0.05) is 13.8 Å². The molecule has 5 atom stereocenters. The van der Waals surface area contributed by atoms with E-state index in [1.165, 1.54) is 6.42 Å². The normalized spacial score (nSPS) is 45.6. The molecule has 0 radical (unpaired) electrons. The molecule has 0 spiro atoms. The van der Waals surface area contributed by atoms with Crippen LogP contribution in [0.5, 0.6) is 0 Å². The lowest BCUT2D eigenvalue weighted by Gasteiger charge is -2.39. The highest BCUT2D eigenvalue weighted by atomic mass is 16.7. The third-order valence-corrected chi connectivity index (χ3v) is 3.86. The molecule has 3 nitrogen and oxygen atoms in total. The number of aliphatic hydroxyl groups is 1. The van der Waals surface area contributed by atoms with E-state index < -0.39 is 0 Å². The van der Waals surface area contributed by atoms with Crippen molar-refractivity contribution >= 4 is 0 Å². The first-order chi connectivity index (χ1) is 7.66. The highest BCUT2D eigenvalue weighted by molar-refractivity contribution is 4.83. The maximum atomic E-state index is 9.69. The van der Waals surface area contributed by atoms with Crippen LogP contribution in [-0.2, 0) is 9.47 Å². The second-order valence-electron chi connectivity index (χ2n) is 5.48. The van der Waals surface area contributed by atoms with Gasteiger partial charge in [-0.2, -0.15) is 0 Å². The van der Waals surface area contributed by atoms with Gasteiger partial charge in [-0.25, -0.2) is 0 Å². The number of hydrogen-bond acceptors (Lipinski definition) is 3. The summed E-state index contributed by atoms with van der Waals surface area (Å²) < 4.78 is 11.7. The molecular formula is C13H24O3. The van der Waals surface area contributed by atoms with Crippen LogP contribution in [0, 0.1) is 11.8 Å². The molecule has 2 rings (SSSR count). The predicted octanol–water partition coefficient (Wildman–Crippen LogP) is 2.33. The van der Waals surface area contributed by atoms with Crippen LogP contribution < -0.4 is 0 Å². The third-order valence-electron chi connectivity index (χ3n) is 3.86. The minimum atomic E-state index is -0.142. The summed E-state index contributed by atoms with van der Waals surface area (Å²) in [5.74, 6) is 0.869. The second-order valence-corrected chi connectivity index (χ2v) is 5.48. The fourth-order valence-corrected chi connectivity index (χ4v) is 3.05. The van der Waals surface area contributed by atoms with Gasteiger partial charge in [0.15, 0.2) is 6.29 Å². The Labute approximate surface area is 98.1 Å². The quantitative estimate of drug-likeness (QED) is 0.788. The summed E-state index contributed by atoms with van der Waals surface area (Å²) in [7, 11) is 0. The fraction of sp³-hybridized carbons (Fsp3) is 1.00. The molecule has 1 N–H and O–H groups in total. The van der Waals surface area contributed by atoms with E-state index in [1.54, 1.807) is 0 Å². The molecule has 1 saturated carbocycles. The van der Waals surface area contributed by atoms with Gasteiger partial charge in [-0.15, -0.1) is 0 Å². The SMILES string of the molecule is C[C@@H]1C[C@@H](O)C[C@H](C)[C@H]1OC1CCCCO1. The molecule has 0 aromatic rings. The zero-order chi connectivity index (χ0) is 11.5. The van der Waals surface area contributed by atoms with Crippen molar-refractivity contribution in [3.8, 4) is 0 Å². The molecule has 0 aromatic carbocycles. The highest BCUT2D eigenvalue weighted by Gasteiger charge is 2.35. The number of ether oxygens (including phenoxy) is 2. The van der Waals surface area contributed by atoms with Crippen molar-refractivity contribution < 1.29 is 14.6 Å². The number of aliphatic hydroxyl groups excluding tert-OH is 1. The van der Waals surface area contributed by atoms with Gasteiger partial charge in [0.2, 0.25) is 0 Å². The summed E-state index contributed by atoms with van der Waals surface area (Å²) >= 11 is 0. The average molecular weight is 228 g/mol. The summed E-state index contributed by atoms with van der Waals surface area (Å²) in [5, 5.41) is 9.69. The van der Waals surface area contributed by atoms with E-state index in [0.717, 1.165) is 32.3 Å². The van der Waals surface area contributed by atoms with Crippen molar-refractivity contribution in [3.63, 3.8) is 0 Å². The first-order valence-electron chi connectivity index (χ1n) is 6.62. The lowest BCUT2D eigenvalue weighted by atomic mass is 9.79. The van der Waals surface area contributed by atoms with E-state index in [1.807, 2.05) is 0 Å². The molecule has 2 aliphatic rings. The van der Waals surface area contributed by atoms with Crippen LogP contribution >= 0.6 is 0 Å². The standard InChI is InChI=1S/C13H24O3/c1-9-7-11(14)8-10(2)13(9)16-12-5-3-4-6-15-12/h9-14H,3-8H2,1-2H3/t9-,10+,11-,12?,13+. The van der Waals surface area contributed by atoms with Gasteiger partial charge in [0, 0.05) is 6.61 Å². The highest BCUT2D eigenvalue weighted by Crippen LogP contribution is 2.33.